The van der Waals surface area contributed by atoms with Crippen LogP contribution in [-0.4, -0.2) is 42.2 Å². The van der Waals surface area contributed by atoms with Gasteiger partial charge in [0.25, 0.3) is 0 Å². The quantitative estimate of drug-likeness (QED) is 0.705. The third-order valence-corrected chi connectivity index (χ3v) is 4.02. The Hall–Kier alpha value is -1.43. The van der Waals surface area contributed by atoms with Gasteiger partial charge in [0.2, 0.25) is 5.91 Å². The number of nitrogens with two attached hydrogens (primary N) is 1. The number of hydrogen-bond acceptors (Lipinski definition) is 4. The van der Waals surface area contributed by atoms with Gasteiger partial charge in [-0.05, 0) is 43.5 Å². The van der Waals surface area contributed by atoms with E-state index in [-0.39, 0.29) is 12.5 Å². The van der Waals surface area contributed by atoms with Crippen LogP contribution in [0.4, 0.5) is 5.69 Å². The molecule has 1 aromatic rings. The van der Waals surface area contributed by atoms with Crippen LogP contribution in [0.25, 0.3) is 0 Å². The molecular formula is C16H25N3O2. The lowest BCUT2D eigenvalue weighted by atomic mass is 10.1. The number of anilines is 1. The number of likely N-dealkylation sites (tertiary alicyclic amines) is 1. The minimum absolute atomic E-state index is 0.0359. The molecule has 0 spiro atoms. The van der Waals surface area contributed by atoms with Gasteiger partial charge in [-0.15, -0.1) is 0 Å². The first-order chi connectivity index (χ1) is 10.2. The molecule has 1 heterocycles. The predicted octanol–water partition coefficient (Wildman–Crippen LogP) is 1.18. The Morgan fingerprint density at radius 2 is 2.24 bits per heavy atom. The van der Waals surface area contributed by atoms with E-state index in [0.29, 0.717) is 18.9 Å². The second kappa shape index (κ2) is 8.12. The molecule has 0 aliphatic carbocycles. The molecule has 0 aromatic heterocycles. The Kier molecular flexibility index (Phi) is 6.17. The van der Waals surface area contributed by atoms with Crippen molar-refractivity contribution in [3.8, 4) is 0 Å². The van der Waals surface area contributed by atoms with Gasteiger partial charge in [0.05, 0.1) is 0 Å². The van der Waals surface area contributed by atoms with Crippen molar-refractivity contribution in [2.75, 3.05) is 31.6 Å². The van der Waals surface area contributed by atoms with Crippen molar-refractivity contribution in [3.05, 3.63) is 29.8 Å². The molecule has 5 heteroatoms. The highest BCUT2D eigenvalue weighted by molar-refractivity contribution is 5.91. The zero-order chi connectivity index (χ0) is 15.1. The minimum Gasteiger partial charge on any atom is -0.396 e. The molecular weight excluding hydrogens is 266 g/mol. The fourth-order valence-electron chi connectivity index (χ4n) is 2.76. The monoisotopic (exact) mass is 291 g/mol. The molecule has 21 heavy (non-hydrogen) atoms. The molecule has 0 radical (unpaired) electrons. The summed E-state index contributed by atoms with van der Waals surface area (Å²) >= 11 is 0. The number of aliphatic hydroxyl groups is 1. The number of aliphatic hydroxyl groups excluding tert-OH is 1. The van der Waals surface area contributed by atoms with Crippen LogP contribution < -0.4 is 11.1 Å². The smallest absolute Gasteiger partial charge is 0.224 e. The summed E-state index contributed by atoms with van der Waals surface area (Å²) in [6.07, 6.45) is 2.42. The zero-order valence-corrected chi connectivity index (χ0v) is 12.4. The zero-order valence-electron chi connectivity index (χ0n) is 12.4. The van der Waals surface area contributed by atoms with E-state index in [1.54, 1.807) is 0 Å². The Bertz CT molecular complexity index is 465. The Balaban J connectivity index is 1.70. The average Bonchev–Trinajstić information content (AvgIpc) is 2.96. The first-order valence-corrected chi connectivity index (χ1v) is 7.64. The van der Waals surface area contributed by atoms with E-state index < -0.39 is 0 Å². The van der Waals surface area contributed by atoms with Gasteiger partial charge in [-0.2, -0.15) is 0 Å². The predicted molar refractivity (Wildman–Crippen MR) is 83.8 cm³/mol. The molecule has 116 valence electrons. The third-order valence-electron chi connectivity index (χ3n) is 4.02. The second-order valence-electron chi connectivity index (χ2n) is 5.65. The number of amides is 1. The normalized spacial score (nSPS) is 18.9. The van der Waals surface area contributed by atoms with Crippen molar-refractivity contribution < 1.29 is 9.90 Å². The van der Waals surface area contributed by atoms with Crippen LogP contribution in [0.3, 0.4) is 0 Å². The summed E-state index contributed by atoms with van der Waals surface area (Å²) in [5.41, 5.74) is 7.42. The molecule has 4 N–H and O–H groups in total. The number of nitrogens with one attached hydrogen (secondary N) is 1. The van der Waals surface area contributed by atoms with Gasteiger partial charge in [-0.25, -0.2) is 0 Å². The van der Waals surface area contributed by atoms with Crippen LogP contribution >= 0.6 is 0 Å². The number of hydrogen-bond donors (Lipinski definition) is 3. The van der Waals surface area contributed by atoms with Crippen molar-refractivity contribution in [3.63, 3.8) is 0 Å². The van der Waals surface area contributed by atoms with Crippen LogP contribution in [0.15, 0.2) is 24.3 Å². The van der Waals surface area contributed by atoms with Crippen molar-refractivity contribution in [2.24, 2.45) is 11.7 Å². The van der Waals surface area contributed by atoms with Gasteiger partial charge in [-0.3, -0.25) is 4.79 Å². The molecule has 1 aliphatic heterocycles. The van der Waals surface area contributed by atoms with Gasteiger partial charge in [0, 0.05) is 31.8 Å². The summed E-state index contributed by atoms with van der Waals surface area (Å²) in [5.74, 6) is 0.448. The number of rotatable bonds is 7. The Morgan fingerprint density at radius 1 is 1.43 bits per heavy atom. The number of benzene rings is 1. The molecule has 1 saturated heterocycles. The van der Waals surface area contributed by atoms with E-state index in [1.165, 1.54) is 0 Å². The maximum atomic E-state index is 12.0. The van der Waals surface area contributed by atoms with E-state index in [4.69, 9.17) is 10.8 Å². The van der Waals surface area contributed by atoms with E-state index in [9.17, 15) is 4.79 Å². The fraction of sp³-hybridized carbons (Fsp3) is 0.562. The van der Waals surface area contributed by atoms with Crippen LogP contribution in [0, 0.1) is 5.92 Å². The molecule has 0 saturated carbocycles. The fourth-order valence-corrected chi connectivity index (χ4v) is 2.76. The average molecular weight is 291 g/mol. The SMILES string of the molecule is NCc1ccccc1NC(=O)CCCN1CCC(CO)C1. The van der Waals surface area contributed by atoms with Crippen LogP contribution in [0.2, 0.25) is 0 Å². The summed E-state index contributed by atoms with van der Waals surface area (Å²) in [6, 6.07) is 7.62. The lowest BCUT2D eigenvalue weighted by Crippen LogP contribution is -2.24. The van der Waals surface area contributed by atoms with Crippen LogP contribution in [-0.2, 0) is 11.3 Å². The summed E-state index contributed by atoms with van der Waals surface area (Å²) in [4.78, 5) is 14.3. The van der Waals surface area contributed by atoms with Gasteiger partial charge < -0.3 is 21.1 Å². The Morgan fingerprint density at radius 3 is 2.95 bits per heavy atom. The van der Waals surface area contributed by atoms with E-state index >= 15 is 0 Å². The molecule has 1 atom stereocenters. The molecule has 0 bridgehead atoms. The number of carbonyl (C=O) groups excluding carboxylic acids is 1. The highest BCUT2D eigenvalue weighted by Crippen LogP contribution is 2.17. The first-order valence-electron chi connectivity index (χ1n) is 7.64. The summed E-state index contributed by atoms with van der Waals surface area (Å²) in [7, 11) is 0. The van der Waals surface area contributed by atoms with Gasteiger partial charge in [0.15, 0.2) is 0 Å². The van der Waals surface area contributed by atoms with Crippen molar-refractivity contribution >= 4 is 11.6 Å². The molecule has 5 nitrogen and oxygen atoms in total. The molecule has 1 unspecified atom stereocenters. The minimum atomic E-state index is 0.0359. The van der Waals surface area contributed by atoms with E-state index in [2.05, 4.69) is 10.2 Å². The van der Waals surface area contributed by atoms with E-state index in [1.807, 2.05) is 24.3 Å². The topological polar surface area (TPSA) is 78.6 Å². The van der Waals surface area contributed by atoms with Crippen molar-refractivity contribution in [1.82, 2.24) is 4.90 Å². The lowest BCUT2D eigenvalue weighted by molar-refractivity contribution is -0.116. The summed E-state index contributed by atoms with van der Waals surface area (Å²) < 4.78 is 0. The second-order valence-corrected chi connectivity index (χ2v) is 5.65. The van der Waals surface area contributed by atoms with Gasteiger partial charge >= 0.3 is 0 Å². The lowest BCUT2D eigenvalue weighted by Gasteiger charge is -2.15. The van der Waals surface area contributed by atoms with Crippen LogP contribution in [0.5, 0.6) is 0 Å². The largest absolute Gasteiger partial charge is 0.396 e. The highest BCUT2D eigenvalue weighted by Gasteiger charge is 2.21. The first kappa shape index (κ1) is 15.9. The molecule has 2 rings (SSSR count). The standard InChI is InChI=1S/C16H25N3O2/c17-10-14-4-1-2-5-15(14)18-16(21)6-3-8-19-9-7-13(11-19)12-20/h1-2,4-5,13,20H,3,6-12,17H2,(H,18,21). The number of carbonyl (C=O) groups is 1. The van der Waals surface area contributed by atoms with E-state index in [0.717, 1.165) is 43.7 Å². The van der Waals surface area contributed by atoms with Crippen molar-refractivity contribution in [1.29, 1.82) is 0 Å². The van der Waals surface area contributed by atoms with Gasteiger partial charge in [-0.1, -0.05) is 18.2 Å². The molecule has 1 amide bonds. The number of nitrogens with zero attached hydrogens (tertiary/aromatic N) is 1. The van der Waals surface area contributed by atoms with Gasteiger partial charge in [0.1, 0.15) is 0 Å². The summed E-state index contributed by atoms with van der Waals surface area (Å²) in [5, 5.41) is 12.0. The highest BCUT2D eigenvalue weighted by atomic mass is 16.3. The molecule has 1 aromatic carbocycles. The Labute approximate surface area is 126 Å². The number of para-hydroxylation sites is 1. The van der Waals surface area contributed by atoms with Crippen LogP contribution in [0.1, 0.15) is 24.8 Å². The molecule has 1 aliphatic rings. The molecule has 1 fully saturated rings. The maximum Gasteiger partial charge on any atom is 0.224 e. The van der Waals surface area contributed by atoms with Crippen molar-refractivity contribution in [2.45, 2.75) is 25.8 Å². The maximum absolute atomic E-state index is 12.0. The third kappa shape index (κ3) is 4.81. The summed E-state index contributed by atoms with van der Waals surface area (Å²) in [6.45, 7) is 3.60.